The molecule has 15 heavy (non-hydrogen) atoms. The van der Waals surface area contributed by atoms with Crippen LogP contribution in [0.5, 0.6) is 0 Å². The van der Waals surface area contributed by atoms with Crippen molar-refractivity contribution < 1.29 is 4.74 Å². The lowest BCUT2D eigenvalue weighted by atomic mass is 9.98. The van der Waals surface area contributed by atoms with Gasteiger partial charge in [-0.2, -0.15) is 0 Å². The van der Waals surface area contributed by atoms with Crippen LogP contribution in [-0.2, 0) is 4.74 Å². The van der Waals surface area contributed by atoms with Gasteiger partial charge in [-0.25, -0.2) is 0 Å². The summed E-state index contributed by atoms with van der Waals surface area (Å²) >= 11 is 0. The van der Waals surface area contributed by atoms with E-state index in [1.807, 2.05) is 0 Å². The number of rotatable bonds is 6. The van der Waals surface area contributed by atoms with Crippen LogP contribution in [-0.4, -0.2) is 51.3 Å². The lowest BCUT2D eigenvalue weighted by Gasteiger charge is -2.34. The summed E-state index contributed by atoms with van der Waals surface area (Å²) in [5.41, 5.74) is 0. The molecular weight excluding hydrogens is 188 g/mol. The first-order valence-electron chi connectivity index (χ1n) is 6.18. The van der Waals surface area contributed by atoms with E-state index in [0.717, 1.165) is 12.5 Å². The number of hydrogen-bond donors (Lipinski definition) is 1. The van der Waals surface area contributed by atoms with Gasteiger partial charge in [-0.05, 0) is 38.8 Å². The Labute approximate surface area is 94.2 Å². The minimum atomic E-state index is 0.645. The van der Waals surface area contributed by atoms with Crippen LogP contribution < -0.4 is 5.32 Å². The van der Waals surface area contributed by atoms with Gasteiger partial charge in [0.1, 0.15) is 0 Å². The summed E-state index contributed by atoms with van der Waals surface area (Å²) in [4.78, 5) is 2.58. The predicted octanol–water partition coefficient (Wildman–Crippen LogP) is 1.34. The third-order valence-corrected chi connectivity index (χ3v) is 3.39. The second-order valence-corrected chi connectivity index (χ2v) is 4.62. The molecule has 1 saturated heterocycles. The zero-order valence-corrected chi connectivity index (χ0v) is 10.5. The minimum absolute atomic E-state index is 0.645. The average Bonchev–Trinajstić information content (AvgIpc) is 2.27. The van der Waals surface area contributed by atoms with Gasteiger partial charge in [0, 0.05) is 26.2 Å². The molecule has 0 spiro atoms. The molecular formula is C12H26N2O. The summed E-state index contributed by atoms with van der Waals surface area (Å²) in [5.74, 6) is 0.748. The number of likely N-dealkylation sites (N-methyl/N-ethyl adjacent to an activating group) is 1. The highest BCUT2D eigenvalue weighted by atomic mass is 16.5. The maximum Gasteiger partial charge on any atom is 0.0502 e. The van der Waals surface area contributed by atoms with Gasteiger partial charge in [0.25, 0.3) is 0 Å². The summed E-state index contributed by atoms with van der Waals surface area (Å²) in [7, 11) is 3.87. The number of nitrogens with zero attached hydrogens (tertiary/aromatic N) is 1. The van der Waals surface area contributed by atoms with E-state index in [9.17, 15) is 0 Å². The van der Waals surface area contributed by atoms with Crippen LogP contribution in [0.4, 0.5) is 0 Å². The molecule has 3 nitrogen and oxygen atoms in total. The van der Waals surface area contributed by atoms with Gasteiger partial charge in [0.05, 0.1) is 6.61 Å². The molecule has 1 aliphatic heterocycles. The fourth-order valence-corrected chi connectivity index (χ4v) is 2.43. The van der Waals surface area contributed by atoms with Crippen molar-refractivity contribution in [2.75, 3.05) is 40.4 Å². The number of nitrogens with one attached hydrogen (secondary N) is 1. The third-order valence-electron chi connectivity index (χ3n) is 3.39. The molecule has 3 heteroatoms. The van der Waals surface area contributed by atoms with Crippen molar-refractivity contribution in [2.24, 2.45) is 5.92 Å². The van der Waals surface area contributed by atoms with E-state index in [1.54, 1.807) is 7.11 Å². The Balaban J connectivity index is 2.28. The molecule has 90 valence electrons. The van der Waals surface area contributed by atoms with Crippen molar-refractivity contribution in [3.05, 3.63) is 0 Å². The van der Waals surface area contributed by atoms with Crippen molar-refractivity contribution in [1.29, 1.82) is 0 Å². The van der Waals surface area contributed by atoms with E-state index in [2.05, 4.69) is 24.2 Å². The lowest BCUT2D eigenvalue weighted by Crippen LogP contribution is -2.44. The van der Waals surface area contributed by atoms with Crippen molar-refractivity contribution in [3.8, 4) is 0 Å². The normalized spacial score (nSPS) is 25.4. The van der Waals surface area contributed by atoms with Crippen LogP contribution in [0.15, 0.2) is 0 Å². The van der Waals surface area contributed by atoms with E-state index in [-0.39, 0.29) is 0 Å². The predicted molar refractivity (Wildman–Crippen MR) is 64.2 cm³/mol. The number of piperidine rings is 1. The van der Waals surface area contributed by atoms with Gasteiger partial charge < -0.3 is 15.0 Å². The molecule has 1 heterocycles. The summed E-state index contributed by atoms with van der Waals surface area (Å²) in [6.45, 7) is 6.84. The van der Waals surface area contributed by atoms with Crippen LogP contribution in [0.25, 0.3) is 0 Å². The topological polar surface area (TPSA) is 24.5 Å². The number of ether oxygens (including phenoxy) is 1. The Kier molecular flexibility index (Phi) is 6.22. The Bertz CT molecular complexity index is 158. The first-order chi connectivity index (χ1) is 7.30. The van der Waals surface area contributed by atoms with E-state index in [0.29, 0.717) is 6.04 Å². The zero-order valence-electron chi connectivity index (χ0n) is 10.5. The van der Waals surface area contributed by atoms with Gasteiger partial charge in [0.2, 0.25) is 0 Å². The summed E-state index contributed by atoms with van der Waals surface area (Å²) in [6, 6.07) is 0.645. The van der Waals surface area contributed by atoms with E-state index < -0.39 is 0 Å². The SMILES string of the molecule is CCC(CN1CCCC(COC)C1)NC. The Hall–Kier alpha value is -0.120. The first kappa shape index (κ1) is 12.9. The monoisotopic (exact) mass is 214 g/mol. The third kappa shape index (κ3) is 4.49. The zero-order chi connectivity index (χ0) is 11.1. The first-order valence-corrected chi connectivity index (χ1v) is 6.18. The van der Waals surface area contributed by atoms with Crippen molar-refractivity contribution in [3.63, 3.8) is 0 Å². The maximum atomic E-state index is 5.24. The molecule has 1 aliphatic rings. The second-order valence-electron chi connectivity index (χ2n) is 4.62. The number of hydrogen-bond acceptors (Lipinski definition) is 3. The van der Waals surface area contributed by atoms with E-state index >= 15 is 0 Å². The van der Waals surface area contributed by atoms with Crippen molar-refractivity contribution in [2.45, 2.75) is 32.2 Å². The van der Waals surface area contributed by atoms with Crippen molar-refractivity contribution in [1.82, 2.24) is 10.2 Å². The summed E-state index contributed by atoms with van der Waals surface area (Å²) in [6.07, 6.45) is 3.87. The molecule has 0 saturated carbocycles. The number of methoxy groups -OCH3 is 1. The van der Waals surface area contributed by atoms with Crippen LogP contribution in [0.3, 0.4) is 0 Å². The molecule has 0 amide bonds. The van der Waals surface area contributed by atoms with E-state index in [4.69, 9.17) is 4.74 Å². The van der Waals surface area contributed by atoms with Crippen LogP contribution >= 0.6 is 0 Å². The molecule has 1 fully saturated rings. The second kappa shape index (κ2) is 7.20. The lowest BCUT2D eigenvalue weighted by molar-refractivity contribution is 0.0859. The molecule has 2 unspecified atom stereocenters. The Morgan fingerprint density at radius 2 is 2.33 bits per heavy atom. The van der Waals surface area contributed by atoms with Crippen LogP contribution in [0.1, 0.15) is 26.2 Å². The highest BCUT2D eigenvalue weighted by Gasteiger charge is 2.21. The smallest absolute Gasteiger partial charge is 0.0502 e. The number of likely N-dealkylation sites (tertiary alicyclic amines) is 1. The van der Waals surface area contributed by atoms with Crippen LogP contribution in [0, 0.1) is 5.92 Å². The molecule has 0 radical (unpaired) electrons. The maximum absolute atomic E-state index is 5.24. The molecule has 1 N–H and O–H groups in total. The average molecular weight is 214 g/mol. The largest absolute Gasteiger partial charge is 0.384 e. The summed E-state index contributed by atoms with van der Waals surface area (Å²) < 4.78 is 5.24. The standard InChI is InChI=1S/C12H26N2O/c1-4-12(13-2)9-14-7-5-6-11(8-14)10-15-3/h11-13H,4-10H2,1-3H3. The highest BCUT2D eigenvalue weighted by molar-refractivity contribution is 4.76. The fraction of sp³-hybridized carbons (Fsp3) is 1.00. The minimum Gasteiger partial charge on any atom is -0.384 e. The molecule has 2 atom stereocenters. The molecule has 0 bridgehead atoms. The van der Waals surface area contributed by atoms with Gasteiger partial charge >= 0.3 is 0 Å². The van der Waals surface area contributed by atoms with Gasteiger partial charge in [-0.1, -0.05) is 6.92 Å². The van der Waals surface area contributed by atoms with Gasteiger partial charge in [-0.15, -0.1) is 0 Å². The summed E-state index contributed by atoms with van der Waals surface area (Å²) in [5, 5.41) is 3.37. The van der Waals surface area contributed by atoms with E-state index in [1.165, 1.54) is 38.9 Å². The molecule has 1 rings (SSSR count). The molecule has 0 aromatic rings. The Morgan fingerprint density at radius 3 is 2.93 bits per heavy atom. The van der Waals surface area contributed by atoms with Gasteiger partial charge in [-0.3, -0.25) is 0 Å². The Morgan fingerprint density at radius 1 is 1.53 bits per heavy atom. The highest BCUT2D eigenvalue weighted by Crippen LogP contribution is 2.16. The molecule has 0 aliphatic carbocycles. The fourth-order valence-electron chi connectivity index (χ4n) is 2.43. The quantitative estimate of drug-likeness (QED) is 0.722. The molecule has 0 aromatic carbocycles. The van der Waals surface area contributed by atoms with Crippen LogP contribution in [0.2, 0.25) is 0 Å². The molecule has 0 aromatic heterocycles. The van der Waals surface area contributed by atoms with Gasteiger partial charge in [0.15, 0.2) is 0 Å². The van der Waals surface area contributed by atoms with Crippen molar-refractivity contribution >= 4 is 0 Å².